The van der Waals surface area contributed by atoms with Crippen LogP contribution in [0.3, 0.4) is 0 Å². The number of aliphatic hydroxyl groups is 1. The molecule has 0 radical (unpaired) electrons. The number of Topliss-reactive ketones (excluding diaryl/α,β-unsaturated/α-hetero) is 1. The standard InChI is InChI=1S/C25H30N10O3/c1-13(36)19-20(14-6-16-4-5-17(7-14)34(16)24(37)22-27-12-28-32-22)31-23-18(9-30-35(23)21(19)26)15-8-29-33(10-15)11-25(2,3)38/h8-10,12,14,16-17,38H,4-7,11,26H2,1-3H3,(H,27,28,32)/t14-,16-,17+. The molecule has 1 amide bonds. The van der Waals surface area contributed by atoms with Gasteiger partial charge in [-0.05, 0) is 46.5 Å². The van der Waals surface area contributed by atoms with Gasteiger partial charge in [-0.1, -0.05) is 0 Å². The second-order valence-electron chi connectivity index (χ2n) is 10.9. The number of nitrogens with zero attached hydrogens (tertiary/aromatic N) is 8. The molecule has 13 heteroatoms. The Kier molecular flexibility index (Phi) is 5.56. The Morgan fingerprint density at radius 3 is 2.55 bits per heavy atom. The normalized spacial score (nSPS) is 21.4. The van der Waals surface area contributed by atoms with Crippen LogP contribution in [0.25, 0.3) is 16.8 Å². The average Bonchev–Trinajstić information content (AvgIpc) is 3.64. The molecule has 2 bridgehead atoms. The van der Waals surface area contributed by atoms with Crippen LogP contribution in [0, 0.1) is 0 Å². The molecule has 0 aromatic carbocycles. The molecule has 2 fully saturated rings. The predicted octanol–water partition coefficient (Wildman–Crippen LogP) is 1.82. The number of hydrogen-bond donors (Lipinski definition) is 3. The van der Waals surface area contributed by atoms with Gasteiger partial charge in [-0.3, -0.25) is 14.3 Å². The van der Waals surface area contributed by atoms with E-state index in [1.807, 2.05) is 11.1 Å². The monoisotopic (exact) mass is 518 g/mol. The van der Waals surface area contributed by atoms with Crippen molar-refractivity contribution < 1.29 is 14.7 Å². The fourth-order valence-electron chi connectivity index (χ4n) is 6.04. The molecule has 0 saturated carbocycles. The molecule has 4 aromatic heterocycles. The molecule has 6 heterocycles. The van der Waals surface area contributed by atoms with Crippen LogP contribution in [-0.2, 0) is 6.54 Å². The van der Waals surface area contributed by atoms with Crippen molar-refractivity contribution in [3.05, 3.63) is 42.0 Å². The predicted molar refractivity (Wildman–Crippen MR) is 136 cm³/mol. The van der Waals surface area contributed by atoms with Gasteiger partial charge in [0, 0.05) is 35.3 Å². The zero-order chi connectivity index (χ0) is 26.8. The molecule has 6 rings (SSSR count). The van der Waals surface area contributed by atoms with Gasteiger partial charge >= 0.3 is 0 Å². The topological polar surface area (TPSA) is 173 Å². The summed E-state index contributed by atoms with van der Waals surface area (Å²) in [5.74, 6) is 0.125. The Morgan fingerprint density at radius 1 is 1.18 bits per heavy atom. The molecule has 4 N–H and O–H groups in total. The van der Waals surface area contributed by atoms with E-state index < -0.39 is 5.60 Å². The first-order chi connectivity index (χ1) is 18.1. The molecule has 38 heavy (non-hydrogen) atoms. The smallest absolute Gasteiger partial charge is 0.292 e. The maximum Gasteiger partial charge on any atom is 0.292 e. The lowest BCUT2D eigenvalue weighted by Crippen LogP contribution is -2.46. The highest BCUT2D eigenvalue weighted by atomic mass is 16.3. The number of nitrogens with one attached hydrogen (secondary N) is 1. The van der Waals surface area contributed by atoms with Gasteiger partial charge in [0.15, 0.2) is 11.4 Å². The summed E-state index contributed by atoms with van der Waals surface area (Å²) in [7, 11) is 0. The summed E-state index contributed by atoms with van der Waals surface area (Å²) in [5.41, 5.74) is 8.70. The van der Waals surface area contributed by atoms with Crippen LogP contribution >= 0.6 is 0 Å². The number of H-pyrrole nitrogens is 1. The highest BCUT2D eigenvalue weighted by molar-refractivity contribution is 6.00. The first-order valence-corrected chi connectivity index (χ1v) is 12.7. The maximum absolute atomic E-state index is 13.1. The summed E-state index contributed by atoms with van der Waals surface area (Å²) in [5, 5.41) is 26.6. The van der Waals surface area contributed by atoms with E-state index in [1.54, 1.807) is 30.9 Å². The van der Waals surface area contributed by atoms with Crippen molar-refractivity contribution in [2.24, 2.45) is 0 Å². The lowest BCUT2D eigenvalue weighted by molar-refractivity contribution is 0.0554. The van der Waals surface area contributed by atoms with Gasteiger partial charge in [-0.2, -0.15) is 14.7 Å². The van der Waals surface area contributed by atoms with Gasteiger partial charge in [0.1, 0.15) is 12.1 Å². The lowest BCUT2D eigenvalue weighted by atomic mass is 9.85. The number of anilines is 1. The minimum absolute atomic E-state index is 0.0138. The molecule has 3 atom stereocenters. The molecular formula is C25H30N10O3. The molecule has 198 valence electrons. The third kappa shape index (κ3) is 4.02. The van der Waals surface area contributed by atoms with E-state index in [4.69, 9.17) is 10.7 Å². The maximum atomic E-state index is 13.1. The summed E-state index contributed by atoms with van der Waals surface area (Å²) in [6.07, 6.45) is 9.71. The second kappa shape index (κ2) is 8.72. The fourth-order valence-corrected chi connectivity index (χ4v) is 6.04. The molecule has 13 nitrogen and oxygen atoms in total. The Balaban J connectivity index is 1.38. The number of ketones is 1. The SMILES string of the molecule is CC(=O)c1c([C@@H]2C[C@H]3CC[C@@H](C2)N3C(=O)c2nnc[nH]2)nc2c(-c3cnn(CC(C)(C)O)c3)cnn2c1N. The Labute approximate surface area is 218 Å². The van der Waals surface area contributed by atoms with Crippen LogP contribution in [0.15, 0.2) is 24.9 Å². The van der Waals surface area contributed by atoms with Crippen LogP contribution in [0.4, 0.5) is 5.82 Å². The molecular weight excluding hydrogens is 488 g/mol. The van der Waals surface area contributed by atoms with Gasteiger partial charge < -0.3 is 20.7 Å². The summed E-state index contributed by atoms with van der Waals surface area (Å²) in [4.78, 5) is 35.6. The highest BCUT2D eigenvalue weighted by Gasteiger charge is 2.45. The first kappa shape index (κ1) is 24.2. The third-order valence-electron chi connectivity index (χ3n) is 7.53. The number of piperidine rings is 1. The van der Waals surface area contributed by atoms with E-state index in [1.165, 1.54) is 17.8 Å². The largest absolute Gasteiger partial charge is 0.389 e. The lowest BCUT2D eigenvalue weighted by Gasteiger charge is -2.38. The zero-order valence-corrected chi connectivity index (χ0v) is 21.5. The van der Waals surface area contributed by atoms with Crippen molar-refractivity contribution in [2.75, 3.05) is 5.73 Å². The number of rotatable bonds is 6. The van der Waals surface area contributed by atoms with Gasteiger partial charge in [-0.15, -0.1) is 10.2 Å². The van der Waals surface area contributed by atoms with E-state index >= 15 is 0 Å². The summed E-state index contributed by atoms with van der Waals surface area (Å²) < 4.78 is 3.17. The number of aromatic nitrogens is 8. The quantitative estimate of drug-likeness (QED) is 0.322. The third-order valence-corrected chi connectivity index (χ3v) is 7.53. The Bertz CT molecular complexity index is 1520. The Hall–Kier alpha value is -4.13. The number of nitrogen functional groups attached to an aromatic ring is 1. The van der Waals surface area contributed by atoms with Crippen LogP contribution in [-0.4, -0.2) is 78.9 Å². The summed E-state index contributed by atoms with van der Waals surface area (Å²) >= 11 is 0. The highest BCUT2D eigenvalue weighted by Crippen LogP contribution is 2.45. The van der Waals surface area contributed by atoms with Crippen LogP contribution in [0.5, 0.6) is 0 Å². The number of nitrogens with two attached hydrogens (primary N) is 1. The average molecular weight is 519 g/mol. The van der Waals surface area contributed by atoms with Crippen molar-refractivity contribution in [1.29, 1.82) is 0 Å². The number of carbonyl (C=O) groups excluding carboxylic acids is 2. The van der Waals surface area contributed by atoms with Crippen molar-refractivity contribution >= 4 is 23.2 Å². The van der Waals surface area contributed by atoms with Gasteiger partial charge in [0.25, 0.3) is 5.91 Å². The van der Waals surface area contributed by atoms with Crippen molar-refractivity contribution in [2.45, 2.75) is 76.6 Å². The molecule has 0 spiro atoms. The van der Waals surface area contributed by atoms with Crippen molar-refractivity contribution in [3.63, 3.8) is 0 Å². The Morgan fingerprint density at radius 2 is 1.92 bits per heavy atom. The van der Waals surface area contributed by atoms with E-state index in [-0.39, 0.29) is 41.3 Å². The van der Waals surface area contributed by atoms with Gasteiger partial charge in [-0.25, -0.2) is 4.98 Å². The molecule has 2 aliphatic heterocycles. The van der Waals surface area contributed by atoms with E-state index in [2.05, 4.69) is 25.4 Å². The number of fused-ring (bicyclic) bond motifs is 3. The molecule has 0 unspecified atom stereocenters. The number of amides is 1. The summed E-state index contributed by atoms with van der Waals surface area (Å²) in [6.45, 7) is 5.26. The minimum Gasteiger partial charge on any atom is -0.389 e. The van der Waals surface area contributed by atoms with Crippen LogP contribution in [0.2, 0.25) is 0 Å². The van der Waals surface area contributed by atoms with E-state index in [0.29, 0.717) is 36.3 Å². The molecule has 2 aliphatic rings. The molecule has 2 saturated heterocycles. The number of carbonyl (C=O) groups is 2. The summed E-state index contributed by atoms with van der Waals surface area (Å²) in [6, 6.07) is 0.0275. The van der Waals surface area contributed by atoms with Crippen molar-refractivity contribution in [3.8, 4) is 11.1 Å². The second-order valence-corrected chi connectivity index (χ2v) is 10.9. The van der Waals surface area contributed by atoms with Crippen molar-refractivity contribution in [1.82, 2.24) is 44.5 Å². The van der Waals surface area contributed by atoms with E-state index in [9.17, 15) is 14.7 Å². The van der Waals surface area contributed by atoms with Crippen LogP contribution < -0.4 is 5.73 Å². The van der Waals surface area contributed by atoms with Gasteiger partial charge in [0.2, 0.25) is 5.82 Å². The van der Waals surface area contributed by atoms with Crippen LogP contribution in [0.1, 0.15) is 79.0 Å². The van der Waals surface area contributed by atoms with E-state index in [0.717, 1.165) is 24.0 Å². The number of aromatic amines is 1. The zero-order valence-electron chi connectivity index (χ0n) is 21.5. The minimum atomic E-state index is -0.917. The first-order valence-electron chi connectivity index (χ1n) is 12.7. The number of hydrogen-bond acceptors (Lipinski definition) is 9. The van der Waals surface area contributed by atoms with Gasteiger partial charge in [0.05, 0.1) is 35.8 Å². The molecule has 0 aliphatic carbocycles. The fraction of sp³-hybridized carbons (Fsp3) is 0.480. The molecule has 4 aromatic rings.